The Balaban J connectivity index is 1.69. The van der Waals surface area contributed by atoms with Gasteiger partial charge in [-0.15, -0.1) is 6.58 Å². The van der Waals surface area contributed by atoms with E-state index in [9.17, 15) is 9.59 Å². The minimum atomic E-state index is -0.244. The zero-order valence-electron chi connectivity index (χ0n) is 16.5. The van der Waals surface area contributed by atoms with Gasteiger partial charge in [0, 0.05) is 12.1 Å². The number of fused-ring (bicyclic) bond motifs is 1. The lowest BCUT2D eigenvalue weighted by atomic mass is 10.1. The molecule has 0 spiro atoms. The molecule has 0 aliphatic carbocycles. The minimum Gasteiger partial charge on any atom is -0.491 e. The number of aromatic amines is 1. The Kier molecular flexibility index (Phi) is 6.29. The molecule has 0 bridgehead atoms. The van der Waals surface area contributed by atoms with E-state index in [1.807, 2.05) is 32.0 Å². The van der Waals surface area contributed by atoms with Crippen LogP contribution >= 0.6 is 12.2 Å². The lowest BCUT2D eigenvalue weighted by Gasteiger charge is -2.12. The molecule has 3 rings (SSSR count). The third-order valence-electron chi connectivity index (χ3n) is 4.60. The number of nitrogens with one attached hydrogen (secondary N) is 2. The molecule has 1 heterocycles. The highest BCUT2D eigenvalue weighted by molar-refractivity contribution is 7.71. The molecule has 0 fully saturated rings. The van der Waals surface area contributed by atoms with Crippen LogP contribution in [-0.4, -0.2) is 28.6 Å². The van der Waals surface area contributed by atoms with Gasteiger partial charge in [0.15, 0.2) is 4.77 Å². The summed E-state index contributed by atoms with van der Waals surface area (Å²) in [4.78, 5) is 28.0. The van der Waals surface area contributed by atoms with Crippen molar-refractivity contribution in [3.05, 3.63) is 80.9 Å². The van der Waals surface area contributed by atoms with Crippen LogP contribution in [0.4, 0.5) is 0 Å². The molecule has 0 radical (unpaired) electrons. The number of H-pyrrole nitrogens is 1. The van der Waals surface area contributed by atoms with E-state index < -0.39 is 0 Å². The van der Waals surface area contributed by atoms with Gasteiger partial charge in [0.1, 0.15) is 12.4 Å². The van der Waals surface area contributed by atoms with Crippen molar-refractivity contribution in [2.75, 3.05) is 13.2 Å². The molecule has 1 amide bonds. The number of aryl methyl sites for hydroxylation is 2. The van der Waals surface area contributed by atoms with Crippen molar-refractivity contribution in [1.29, 1.82) is 0 Å². The highest BCUT2D eigenvalue weighted by Crippen LogP contribution is 2.21. The summed E-state index contributed by atoms with van der Waals surface area (Å²) in [6, 6.07) is 10.8. The molecule has 1 aromatic heterocycles. The van der Waals surface area contributed by atoms with Crippen LogP contribution in [0.25, 0.3) is 10.9 Å². The molecule has 0 aliphatic rings. The first kappa shape index (κ1) is 20.5. The highest BCUT2D eigenvalue weighted by atomic mass is 32.1. The summed E-state index contributed by atoms with van der Waals surface area (Å²) in [5.41, 5.74) is 2.87. The number of para-hydroxylation sites is 1. The van der Waals surface area contributed by atoms with Crippen molar-refractivity contribution in [2.45, 2.75) is 20.4 Å². The molecule has 0 atom stereocenters. The lowest BCUT2D eigenvalue weighted by Crippen LogP contribution is -2.28. The van der Waals surface area contributed by atoms with Crippen LogP contribution in [0.5, 0.6) is 5.75 Å². The molecular formula is C22H23N3O3S. The Hall–Kier alpha value is -3.19. The van der Waals surface area contributed by atoms with Crippen molar-refractivity contribution >= 4 is 29.0 Å². The number of carbonyl (C=O) groups is 1. The predicted octanol–water partition coefficient (Wildman–Crippen LogP) is 3.67. The van der Waals surface area contributed by atoms with Gasteiger partial charge in [-0.1, -0.05) is 24.3 Å². The molecular weight excluding hydrogens is 386 g/mol. The van der Waals surface area contributed by atoms with Gasteiger partial charge >= 0.3 is 0 Å². The molecule has 150 valence electrons. The Labute approximate surface area is 173 Å². The molecule has 0 saturated heterocycles. The van der Waals surface area contributed by atoms with Gasteiger partial charge < -0.3 is 15.0 Å². The van der Waals surface area contributed by atoms with Crippen LogP contribution in [0.1, 0.15) is 21.5 Å². The van der Waals surface area contributed by atoms with E-state index in [4.69, 9.17) is 17.0 Å². The van der Waals surface area contributed by atoms with Gasteiger partial charge in [0.25, 0.3) is 11.5 Å². The average Bonchev–Trinajstić information content (AvgIpc) is 2.69. The minimum absolute atomic E-state index is 0.211. The van der Waals surface area contributed by atoms with Crippen LogP contribution in [-0.2, 0) is 6.54 Å². The van der Waals surface area contributed by atoms with Crippen molar-refractivity contribution in [3.8, 4) is 5.75 Å². The first-order valence-electron chi connectivity index (χ1n) is 9.27. The summed E-state index contributed by atoms with van der Waals surface area (Å²) >= 11 is 5.24. The molecule has 7 heteroatoms. The van der Waals surface area contributed by atoms with Crippen LogP contribution in [0.15, 0.2) is 53.8 Å². The summed E-state index contributed by atoms with van der Waals surface area (Å²) in [6.07, 6.45) is 1.61. The Morgan fingerprint density at radius 3 is 2.69 bits per heavy atom. The Bertz CT molecular complexity index is 1170. The van der Waals surface area contributed by atoms with E-state index in [0.29, 0.717) is 40.9 Å². The quantitative estimate of drug-likeness (QED) is 0.355. The molecule has 0 aliphatic heterocycles. The molecule has 3 aromatic rings. The standard InChI is InChI=1S/C22H23N3O3S/c1-4-11-25-21(27)17-9-8-16(13-18(17)24-22(25)29)20(26)23-10-12-28-19-14(2)6-5-7-15(19)3/h4-9,13H,1,10-12H2,2-3H3,(H,23,26)(H,24,29). The number of carbonyl (C=O) groups excluding carboxylic acids is 1. The van der Waals surface area contributed by atoms with Crippen molar-refractivity contribution < 1.29 is 9.53 Å². The van der Waals surface area contributed by atoms with Gasteiger partial charge in [-0.05, 0) is 55.4 Å². The first-order valence-corrected chi connectivity index (χ1v) is 9.68. The lowest BCUT2D eigenvalue weighted by molar-refractivity contribution is 0.0947. The van der Waals surface area contributed by atoms with E-state index in [-0.39, 0.29) is 11.5 Å². The van der Waals surface area contributed by atoms with Gasteiger partial charge in [0.05, 0.1) is 17.4 Å². The summed E-state index contributed by atoms with van der Waals surface area (Å²) in [5, 5.41) is 3.30. The van der Waals surface area contributed by atoms with Crippen molar-refractivity contribution in [3.63, 3.8) is 0 Å². The Morgan fingerprint density at radius 1 is 1.28 bits per heavy atom. The van der Waals surface area contributed by atoms with Gasteiger partial charge in [-0.3, -0.25) is 14.2 Å². The fourth-order valence-corrected chi connectivity index (χ4v) is 3.40. The number of aromatic nitrogens is 2. The van der Waals surface area contributed by atoms with Crippen molar-refractivity contribution in [1.82, 2.24) is 14.9 Å². The first-order chi connectivity index (χ1) is 13.9. The maximum absolute atomic E-state index is 12.5. The SMILES string of the molecule is C=CCn1c(=S)[nH]c2cc(C(=O)NCCOc3c(C)cccc3C)ccc2c1=O. The molecule has 2 N–H and O–H groups in total. The zero-order chi connectivity index (χ0) is 21.0. The van der Waals surface area contributed by atoms with Gasteiger partial charge in [-0.2, -0.15) is 0 Å². The molecule has 2 aromatic carbocycles. The second-order valence-corrected chi connectivity index (χ2v) is 7.11. The number of rotatable bonds is 7. The number of nitrogens with zero attached hydrogens (tertiary/aromatic N) is 1. The molecule has 29 heavy (non-hydrogen) atoms. The van der Waals surface area contributed by atoms with E-state index in [0.717, 1.165) is 16.9 Å². The number of benzene rings is 2. The van der Waals surface area contributed by atoms with Crippen LogP contribution in [0.2, 0.25) is 0 Å². The molecule has 0 saturated carbocycles. The topological polar surface area (TPSA) is 76.1 Å². The fourth-order valence-electron chi connectivity index (χ4n) is 3.14. The van der Waals surface area contributed by atoms with Crippen LogP contribution in [0.3, 0.4) is 0 Å². The monoisotopic (exact) mass is 409 g/mol. The fraction of sp³-hybridized carbons (Fsp3) is 0.227. The normalized spacial score (nSPS) is 10.7. The second kappa shape index (κ2) is 8.87. The van der Waals surface area contributed by atoms with Gasteiger partial charge in [0.2, 0.25) is 0 Å². The van der Waals surface area contributed by atoms with E-state index in [2.05, 4.69) is 16.9 Å². The number of amides is 1. The van der Waals surface area contributed by atoms with Crippen LogP contribution in [0, 0.1) is 18.6 Å². The zero-order valence-corrected chi connectivity index (χ0v) is 17.3. The van der Waals surface area contributed by atoms with Crippen molar-refractivity contribution in [2.24, 2.45) is 0 Å². The number of hydrogen-bond donors (Lipinski definition) is 2. The number of allylic oxidation sites excluding steroid dienone is 1. The molecule has 0 unspecified atom stereocenters. The van der Waals surface area contributed by atoms with E-state index in [1.54, 1.807) is 24.3 Å². The highest BCUT2D eigenvalue weighted by Gasteiger charge is 2.10. The van der Waals surface area contributed by atoms with E-state index >= 15 is 0 Å². The maximum Gasteiger partial charge on any atom is 0.262 e. The van der Waals surface area contributed by atoms with E-state index in [1.165, 1.54) is 4.57 Å². The third kappa shape index (κ3) is 4.46. The summed E-state index contributed by atoms with van der Waals surface area (Å²) in [6.45, 7) is 8.66. The summed E-state index contributed by atoms with van der Waals surface area (Å²) < 4.78 is 7.52. The van der Waals surface area contributed by atoms with Gasteiger partial charge in [-0.25, -0.2) is 0 Å². The number of hydrogen-bond acceptors (Lipinski definition) is 4. The summed E-state index contributed by atoms with van der Waals surface area (Å²) in [5.74, 6) is 0.599. The average molecular weight is 410 g/mol. The third-order valence-corrected chi connectivity index (χ3v) is 4.92. The smallest absolute Gasteiger partial charge is 0.262 e. The largest absolute Gasteiger partial charge is 0.491 e. The predicted molar refractivity (Wildman–Crippen MR) is 117 cm³/mol. The van der Waals surface area contributed by atoms with Crippen LogP contribution < -0.4 is 15.6 Å². The molecule has 6 nitrogen and oxygen atoms in total. The maximum atomic E-state index is 12.5. The summed E-state index contributed by atoms with van der Waals surface area (Å²) in [7, 11) is 0. The number of ether oxygens (including phenoxy) is 1. The Morgan fingerprint density at radius 2 is 2.00 bits per heavy atom. The second-order valence-electron chi connectivity index (χ2n) is 6.72.